The van der Waals surface area contributed by atoms with E-state index in [0.29, 0.717) is 6.54 Å². The van der Waals surface area contributed by atoms with Crippen molar-refractivity contribution in [2.45, 2.75) is 6.42 Å². The largest absolute Gasteiger partial charge is 0.330 e. The Balaban J connectivity index is 2.36. The molecule has 2 N–H and O–H groups in total. The zero-order valence-corrected chi connectivity index (χ0v) is 8.23. The maximum atomic E-state index is 12.7. The van der Waals surface area contributed by atoms with Crippen molar-refractivity contribution < 1.29 is 4.39 Å². The van der Waals surface area contributed by atoms with Crippen LogP contribution in [0.2, 0.25) is 0 Å². The fraction of sp³-hybridized carbons (Fsp3) is 0.182. The molecule has 0 unspecified atom stereocenters. The van der Waals surface area contributed by atoms with E-state index in [1.807, 2.05) is 6.07 Å². The molecule has 2 aromatic rings. The number of halogens is 1. The number of rotatable bonds is 3. The zero-order valence-electron chi connectivity index (χ0n) is 8.23. The molecule has 3 nitrogen and oxygen atoms in total. The van der Waals surface area contributed by atoms with Crippen molar-refractivity contribution in [3.05, 3.63) is 48.0 Å². The van der Waals surface area contributed by atoms with E-state index in [1.54, 1.807) is 23.0 Å². The molecule has 0 aliphatic heterocycles. The van der Waals surface area contributed by atoms with Crippen LogP contribution in [0.5, 0.6) is 0 Å². The number of benzene rings is 1. The van der Waals surface area contributed by atoms with Crippen LogP contribution in [0, 0.1) is 5.82 Å². The van der Waals surface area contributed by atoms with Gasteiger partial charge in [-0.25, -0.2) is 9.07 Å². The predicted molar refractivity (Wildman–Crippen MR) is 56.3 cm³/mol. The summed E-state index contributed by atoms with van der Waals surface area (Å²) in [5.74, 6) is -0.244. The van der Waals surface area contributed by atoms with Crippen LogP contribution in [0.3, 0.4) is 0 Å². The molecular weight excluding hydrogens is 193 g/mol. The van der Waals surface area contributed by atoms with Crippen molar-refractivity contribution in [2.24, 2.45) is 5.73 Å². The minimum absolute atomic E-state index is 0.244. The highest BCUT2D eigenvalue weighted by molar-refractivity contribution is 5.32. The van der Waals surface area contributed by atoms with Crippen LogP contribution in [-0.4, -0.2) is 16.3 Å². The van der Waals surface area contributed by atoms with E-state index in [-0.39, 0.29) is 5.82 Å². The monoisotopic (exact) mass is 205 g/mol. The van der Waals surface area contributed by atoms with Gasteiger partial charge in [-0.15, -0.1) is 0 Å². The van der Waals surface area contributed by atoms with Crippen molar-refractivity contribution >= 4 is 0 Å². The van der Waals surface area contributed by atoms with Crippen molar-refractivity contribution in [1.29, 1.82) is 0 Å². The Bertz CT molecular complexity index is 433. The first kappa shape index (κ1) is 9.86. The fourth-order valence-corrected chi connectivity index (χ4v) is 1.48. The molecule has 2 rings (SSSR count). The molecule has 1 aromatic carbocycles. The molecular formula is C11H12FN3. The Morgan fingerprint density at radius 2 is 1.93 bits per heavy atom. The number of nitrogens with two attached hydrogens (primary N) is 1. The molecule has 0 aliphatic rings. The molecule has 0 atom stereocenters. The molecule has 0 saturated carbocycles. The lowest BCUT2D eigenvalue weighted by Gasteiger charge is -2.05. The van der Waals surface area contributed by atoms with Gasteiger partial charge < -0.3 is 5.73 Å². The second-order valence-electron chi connectivity index (χ2n) is 3.25. The lowest BCUT2D eigenvalue weighted by atomic mass is 10.2. The summed E-state index contributed by atoms with van der Waals surface area (Å²) in [6.07, 6.45) is 2.48. The van der Waals surface area contributed by atoms with E-state index in [2.05, 4.69) is 5.10 Å². The van der Waals surface area contributed by atoms with Gasteiger partial charge in [-0.2, -0.15) is 5.10 Å². The highest BCUT2D eigenvalue weighted by Crippen LogP contribution is 2.11. The maximum Gasteiger partial charge on any atom is 0.123 e. The summed E-state index contributed by atoms with van der Waals surface area (Å²) >= 11 is 0. The van der Waals surface area contributed by atoms with E-state index < -0.39 is 0 Å². The first-order valence-corrected chi connectivity index (χ1v) is 4.80. The third-order valence-electron chi connectivity index (χ3n) is 2.19. The lowest BCUT2D eigenvalue weighted by molar-refractivity contribution is 0.626. The standard InChI is InChI=1S/C11H12FN3/c12-9-1-3-10(4-2-9)15-11(5-7-13)6-8-14-15/h1-4,6,8H,5,7,13H2. The van der Waals surface area contributed by atoms with E-state index in [9.17, 15) is 4.39 Å². The van der Waals surface area contributed by atoms with Crippen molar-refractivity contribution in [3.63, 3.8) is 0 Å². The Morgan fingerprint density at radius 3 is 2.60 bits per heavy atom. The second-order valence-corrected chi connectivity index (χ2v) is 3.25. The van der Waals surface area contributed by atoms with Crippen molar-refractivity contribution in [3.8, 4) is 5.69 Å². The van der Waals surface area contributed by atoms with Crippen LogP contribution in [0.25, 0.3) is 5.69 Å². The van der Waals surface area contributed by atoms with Crippen LogP contribution in [-0.2, 0) is 6.42 Å². The van der Waals surface area contributed by atoms with Crippen molar-refractivity contribution in [1.82, 2.24) is 9.78 Å². The van der Waals surface area contributed by atoms with Crippen molar-refractivity contribution in [2.75, 3.05) is 6.54 Å². The van der Waals surface area contributed by atoms with Crippen LogP contribution in [0.4, 0.5) is 4.39 Å². The Kier molecular flexibility index (Phi) is 2.78. The molecule has 78 valence electrons. The van der Waals surface area contributed by atoms with Crippen LogP contribution >= 0.6 is 0 Å². The average molecular weight is 205 g/mol. The summed E-state index contributed by atoms with van der Waals surface area (Å²) in [6, 6.07) is 8.15. The average Bonchev–Trinajstić information content (AvgIpc) is 2.68. The minimum atomic E-state index is -0.244. The van der Waals surface area contributed by atoms with Gasteiger partial charge in [0.2, 0.25) is 0 Å². The van der Waals surface area contributed by atoms with Gasteiger partial charge in [0, 0.05) is 18.3 Å². The lowest BCUT2D eigenvalue weighted by Crippen LogP contribution is -2.08. The highest BCUT2D eigenvalue weighted by atomic mass is 19.1. The van der Waals surface area contributed by atoms with Gasteiger partial charge in [-0.05, 0) is 36.9 Å². The van der Waals surface area contributed by atoms with E-state index >= 15 is 0 Å². The van der Waals surface area contributed by atoms with Gasteiger partial charge in [-0.3, -0.25) is 0 Å². The predicted octanol–water partition coefficient (Wildman–Crippen LogP) is 1.51. The Labute approximate surface area is 87.3 Å². The van der Waals surface area contributed by atoms with Gasteiger partial charge in [0.15, 0.2) is 0 Å². The highest BCUT2D eigenvalue weighted by Gasteiger charge is 2.03. The first-order valence-electron chi connectivity index (χ1n) is 4.80. The molecule has 15 heavy (non-hydrogen) atoms. The van der Waals surface area contributed by atoms with E-state index in [4.69, 9.17) is 5.73 Å². The molecule has 0 fully saturated rings. The van der Waals surface area contributed by atoms with Crippen LogP contribution < -0.4 is 5.73 Å². The molecule has 0 bridgehead atoms. The first-order chi connectivity index (χ1) is 7.31. The number of hydrogen-bond donors (Lipinski definition) is 1. The fourth-order valence-electron chi connectivity index (χ4n) is 1.48. The van der Waals surface area contributed by atoms with Gasteiger partial charge >= 0.3 is 0 Å². The van der Waals surface area contributed by atoms with Gasteiger partial charge in [-0.1, -0.05) is 0 Å². The molecule has 0 spiro atoms. The molecule has 0 aliphatic carbocycles. The number of aromatic nitrogens is 2. The summed E-state index contributed by atoms with van der Waals surface area (Å²) in [5, 5.41) is 4.17. The SMILES string of the molecule is NCCc1ccnn1-c1ccc(F)cc1. The van der Waals surface area contributed by atoms with Crippen LogP contribution in [0.15, 0.2) is 36.5 Å². The maximum absolute atomic E-state index is 12.7. The third kappa shape index (κ3) is 2.05. The Hall–Kier alpha value is -1.68. The Morgan fingerprint density at radius 1 is 1.20 bits per heavy atom. The summed E-state index contributed by atoms with van der Waals surface area (Å²) in [4.78, 5) is 0. The van der Waals surface area contributed by atoms with Crippen LogP contribution in [0.1, 0.15) is 5.69 Å². The molecule has 0 amide bonds. The summed E-state index contributed by atoms with van der Waals surface area (Å²) in [6.45, 7) is 0.576. The number of hydrogen-bond acceptors (Lipinski definition) is 2. The van der Waals surface area contributed by atoms with Gasteiger partial charge in [0.1, 0.15) is 5.82 Å². The van der Waals surface area contributed by atoms with E-state index in [1.165, 1.54) is 12.1 Å². The van der Waals surface area contributed by atoms with E-state index in [0.717, 1.165) is 17.8 Å². The second kappa shape index (κ2) is 4.23. The molecule has 0 saturated heterocycles. The molecule has 1 heterocycles. The molecule has 0 radical (unpaired) electrons. The molecule has 4 heteroatoms. The molecule has 1 aromatic heterocycles. The van der Waals surface area contributed by atoms with Gasteiger partial charge in [0.25, 0.3) is 0 Å². The normalized spacial score (nSPS) is 10.5. The third-order valence-corrected chi connectivity index (χ3v) is 2.19. The quantitative estimate of drug-likeness (QED) is 0.825. The zero-order chi connectivity index (χ0) is 10.7. The smallest absolute Gasteiger partial charge is 0.123 e. The minimum Gasteiger partial charge on any atom is -0.330 e. The topological polar surface area (TPSA) is 43.8 Å². The number of nitrogens with zero attached hydrogens (tertiary/aromatic N) is 2. The summed E-state index contributed by atoms with van der Waals surface area (Å²) < 4.78 is 14.5. The summed E-state index contributed by atoms with van der Waals surface area (Å²) in [7, 11) is 0. The summed E-state index contributed by atoms with van der Waals surface area (Å²) in [5.41, 5.74) is 7.37. The van der Waals surface area contributed by atoms with Gasteiger partial charge in [0.05, 0.1) is 5.69 Å².